The van der Waals surface area contributed by atoms with E-state index in [1.165, 1.54) is 6.08 Å². The first kappa shape index (κ1) is 21.5. The van der Waals surface area contributed by atoms with Crippen LogP contribution in [0.5, 0.6) is 23.1 Å². The van der Waals surface area contributed by atoms with Gasteiger partial charge in [-0.05, 0) is 61.0 Å². The molecule has 2 amide bonds. The number of carbonyl (C=O) groups is 2. The third kappa shape index (κ3) is 4.17. The SMILES string of the molecule is C=CC(=O)N1C[C@@H]2C[C@H]1CN2c1ccc(C(N)=O)c(Oc2ccc(Oc3ccccc3)cc2)n1. The van der Waals surface area contributed by atoms with Crippen LogP contribution < -0.4 is 20.1 Å². The van der Waals surface area contributed by atoms with Crippen LogP contribution in [0.3, 0.4) is 0 Å². The van der Waals surface area contributed by atoms with Gasteiger partial charge in [0.05, 0.1) is 12.1 Å². The number of likely N-dealkylation sites (tertiary alicyclic amines) is 1. The zero-order valence-electron chi connectivity index (χ0n) is 18.5. The molecule has 5 rings (SSSR count). The number of rotatable bonds is 7. The maximum Gasteiger partial charge on any atom is 0.254 e. The molecule has 8 heteroatoms. The molecule has 2 aliphatic rings. The molecule has 2 aromatic carbocycles. The van der Waals surface area contributed by atoms with Crippen LogP contribution in [0.25, 0.3) is 0 Å². The number of hydrogen-bond donors (Lipinski definition) is 1. The summed E-state index contributed by atoms with van der Waals surface area (Å²) in [7, 11) is 0. The predicted octanol–water partition coefficient (Wildman–Crippen LogP) is 3.74. The predicted molar refractivity (Wildman–Crippen MR) is 127 cm³/mol. The quantitative estimate of drug-likeness (QED) is 0.544. The van der Waals surface area contributed by atoms with E-state index in [0.29, 0.717) is 30.4 Å². The van der Waals surface area contributed by atoms with Crippen molar-refractivity contribution in [3.8, 4) is 23.1 Å². The van der Waals surface area contributed by atoms with Crippen LogP contribution in [0.1, 0.15) is 16.8 Å². The topological polar surface area (TPSA) is 98.0 Å². The van der Waals surface area contributed by atoms with Crippen LogP contribution in [0.2, 0.25) is 0 Å². The van der Waals surface area contributed by atoms with Gasteiger partial charge in [-0.3, -0.25) is 9.59 Å². The van der Waals surface area contributed by atoms with Gasteiger partial charge >= 0.3 is 0 Å². The summed E-state index contributed by atoms with van der Waals surface area (Å²) < 4.78 is 11.8. The second kappa shape index (κ2) is 8.90. The zero-order chi connectivity index (χ0) is 23.7. The maximum absolute atomic E-state index is 12.0. The van der Waals surface area contributed by atoms with Crippen LogP contribution in [0.15, 0.2) is 79.4 Å². The number of anilines is 1. The minimum atomic E-state index is -0.622. The van der Waals surface area contributed by atoms with Gasteiger partial charge in [0.15, 0.2) is 0 Å². The summed E-state index contributed by atoms with van der Waals surface area (Å²) in [6.07, 6.45) is 2.23. The molecule has 172 valence electrons. The summed E-state index contributed by atoms with van der Waals surface area (Å²) in [5.74, 6) is 2.04. The molecule has 2 aliphatic heterocycles. The van der Waals surface area contributed by atoms with Crippen molar-refractivity contribution in [2.45, 2.75) is 18.5 Å². The van der Waals surface area contributed by atoms with Crippen LogP contribution in [0.4, 0.5) is 5.82 Å². The molecule has 0 saturated carbocycles. The lowest BCUT2D eigenvalue weighted by atomic mass is 10.2. The van der Waals surface area contributed by atoms with Crippen molar-refractivity contribution in [1.82, 2.24) is 9.88 Å². The summed E-state index contributed by atoms with van der Waals surface area (Å²) in [6, 6.07) is 20.2. The molecule has 0 unspecified atom stereocenters. The Morgan fingerprint density at radius 1 is 0.912 bits per heavy atom. The van der Waals surface area contributed by atoms with E-state index in [1.807, 2.05) is 35.2 Å². The van der Waals surface area contributed by atoms with Gasteiger partial charge in [-0.15, -0.1) is 0 Å². The first-order valence-corrected chi connectivity index (χ1v) is 11.0. The molecule has 2 N–H and O–H groups in total. The minimum Gasteiger partial charge on any atom is -0.457 e. The van der Waals surface area contributed by atoms with Gasteiger partial charge in [0, 0.05) is 13.1 Å². The first-order valence-electron chi connectivity index (χ1n) is 11.0. The Morgan fingerprint density at radius 3 is 2.21 bits per heavy atom. The number of ether oxygens (including phenoxy) is 2. The molecule has 2 bridgehead atoms. The highest BCUT2D eigenvalue weighted by atomic mass is 16.5. The second-order valence-corrected chi connectivity index (χ2v) is 8.27. The molecule has 2 fully saturated rings. The Morgan fingerprint density at radius 2 is 1.59 bits per heavy atom. The van der Waals surface area contributed by atoms with E-state index in [0.717, 1.165) is 12.2 Å². The van der Waals surface area contributed by atoms with Gasteiger partial charge in [-0.25, -0.2) is 0 Å². The Labute approximate surface area is 197 Å². The van der Waals surface area contributed by atoms with E-state index < -0.39 is 5.91 Å². The number of carbonyl (C=O) groups excluding carboxylic acids is 2. The van der Waals surface area contributed by atoms with Crippen LogP contribution in [0, 0.1) is 0 Å². The Balaban J connectivity index is 1.34. The average molecular weight is 457 g/mol. The highest BCUT2D eigenvalue weighted by molar-refractivity contribution is 5.95. The van der Waals surface area contributed by atoms with Crippen LogP contribution in [-0.2, 0) is 4.79 Å². The van der Waals surface area contributed by atoms with Gasteiger partial charge in [0.1, 0.15) is 28.6 Å². The molecular weight excluding hydrogens is 432 g/mol. The Bertz CT molecular complexity index is 1230. The van der Waals surface area contributed by atoms with E-state index in [9.17, 15) is 9.59 Å². The highest BCUT2D eigenvalue weighted by Crippen LogP contribution is 2.36. The molecule has 0 radical (unpaired) electrons. The second-order valence-electron chi connectivity index (χ2n) is 8.27. The van der Waals surface area contributed by atoms with Crippen LogP contribution >= 0.6 is 0 Å². The van der Waals surface area contributed by atoms with Crippen molar-refractivity contribution in [3.63, 3.8) is 0 Å². The van der Waals surface area contributed by atoms with Gasteiger partial charge in [-0.1, -0.05) is 24.8 Å². The third-order valence-corrected chi connectivity index (χ3v) is 6.12. The van der Waals surface area contributed by atoms with Gasteiger partial charge in [0.25, 0.3) is 5.91 Å². The fraction of sp³-hybridized carbons (Fsp3) is 0.192. The summed E-state index contributed by atoms with van der Waals surface area (Å²) in [4.78, 5) is 32.7. The minimum absolute atomic E-state index is 0.0482. The summed E-state index contributed by atoms with van der Waals surface area (Å²) in [6.45, 7) is 4.87. The summed E-state index contributed by atoms with van der Waals surface area (Å²) in [5.41, 5.74) is 5.76. The van der Waals surface area contributed by atoms with Crippen molar-refractivity contribution in [3.05, 3.63) is 84.9 Å². The number of amides is 2. The average Bonchev–Trinajstić information content (AvgIpc) is 3.47. The van der Waals surface area contributed by atoms with E-state index in [4.69, 9.17) is 15.2 Å². The van der Waals surface area contributed by atoms with Crippen LogP contribution in [-0.4, -0.2) is 46.9 Å². The molecule has 2 saturated heterocycles. The van der Waals surface area contributed by atoms with Gasteiger partial charge < -0.3 is 25.0 Å². The standard InChI is InChI=1S/C26H24N4O4/c1-2-24(31)30-16-17-14-18(30)15-29(17)23-13-12-22(25(27)32)26(28-23)34-21-10-8-20(9-11-21)33-19-6-4-3-5-7-19/h2-13,17-18H,1,14-16H2,(H2,27,32)/t17-,18-/m0/s1. The van der Waals surface area contributed by atoms with Gasteiger partial charge in [-0.2, -0.15) is 4.98 Å². The molecule has 34 heavy (non-hydrogen) atoms. The van der Waals surface area contributed by atoms with Crippen molar-refractivity contribution in [1.29, 1.82) is 0 Å². The summed E-state index contributed by atoms with van der Waals surface area (Å²) >= 11 is 0. The fourth-order valence-electron chi connectivity index (χ4n) is 4.50. The van der Waals surface area contributed by atoms with Crippen molar-refractivity contribution < 1.29 is 19.1 Å². The molecule has 1 aromatic heterocycles. The number of fused-ring (bicyclic) bond motifs is 2. The number of para-hydroxylation sites is 1. The molecule has 3 aromatic rings. The summed E-state index contributed by atoms with van der Waals surface area (Å²) in [5, 5.41) is 0. The highest BCUT2D eigenvalue weighted by Gasteiger charge is 2.45. The lowest BCUT2D eigenvalue weighted by molar-refractivity contribution is -0.127. The maximum atomic E-state index is 12.0. The number of hydrogen-bond acceptors (Lipinski definition) is 6. The number of benzene rings is 2. The Hall–Kier alpha value is -4.33. The number of nitrogens with zero attached hydrogens (tertiary/aromatic N) is 3. The molecule has 3 heterocycles. The third-order valence-electron chi connectivity index (χ3n) is 6.12. The Kier molecular flexibility index (Phi) is 5.63. The normalized spacial score (nSPS) is 18.6. The number of nitrogens with two attached hydrogens (primary N) is 1. The van der Waals surface area contributed by atoms with Crippen molar-refractivity contribution >= 4 is 17.6 Å². The lowest BCUT2D eigenvalue weighted by Gasteiger charge is -2.34. The van der Waals surface area contributed by atoms with Crippen molar-refractivity contribution in [2.75, 3.05) is 18.0 Å². The number of piperazine rings is 1. The molecular formula is C26H24N4O4. The zero-order valence-corrected chi connectivity index (χ0v) is 18.5. The molecule has 0 aliphatic carbocycles. The first-order chi connectivity index (χ1) is 16.5. The fourth-order valence-corrected chi connectivity index (χ4v) is 4.50. The number of aromatic nitrogens is 1. The largest absolute Gasteiger partial charge is 0.457 e. The van der Waals surface area contributed by atoms with E-state index in [2.05, 4.69) is 16.5 Å². The van der Waals surface area contributed by atoms with E-state index in [-0.39, 0.29) is 29.4 Å². The monoisotopic (exact) mass is 456 g/mol. The molecule has 8 nitrogen and oxygen atoms in total. The number of pyridine rings is 1. The van der Waals surface area contributed by atoms with Crippen molar-refractivity contribution in [2.24, 2.45) is 5.73 Å². The van der Waals surface area contributed by atoms with E-state index >= 15 is 0 Å². The van der Waals surface area contributed by atoms with Gasteiger partial charge in [0.2, 0.25) is 11.8 Å². The molecule has 0 spiro atoms. The molecule has 2 atom stereocenters. The lowest BCUT2D eigenvalue weighted by Crippen LogP contribution is -2.48. The van der Waals surface area contributed by atoms with E-state index in [1.54, 1.807) is 36.4 Å². The smallest absolute Gasteiger partial charge is 0.254 e. The number of primary amides is 1.